The quantitative estimate of drug-likeness (QED) is 0.337. The van der Waals surface area contributed by atoms with Gasteiger partial charge in [-0.15, -0.1) is 0 Å². The van der Waals surface area contributed by atoms with E-state index in [-0.39, 0.29) is 11.4 Å². The van der Waals surface area contributed by atoms with Crippen LogP contribution in [0.1, 0.15) is 16.7 Å². The van der Waals surface area contributed by atoms with E-state index in [9.17, 15) is 4.79 Å². The molecule has 4 rings (SSSR count). The van der Waals surface area contributed by atoms with Gasteiger partial charge in [-0.05, 0) is 55.0 Å². The molecule has 1 amide bonds. The maximum Gasteiger partial charge on any atom is 0.283 e. The van der Waals surface area contributed by atoms with Gasteiger partial charge in [0.15, 0.2) is 16.7 Å². The Morgan fingerprint density at radius 2 is 1.85 bits per heavy atom. The maximum absolute atomic E-state index is 12.5. The van der Waals surface area contributed by atoms with Gasteiger partial charge in [0.25, 0.3) is 5.91 Å². The SMILES string of the molecule is COc1cc(/C=C2/C(=N)N3C(SC)=NSC3=NC2=O)ccc1OCCOc1c(C)cccc1C. The molecule has 176 valence electrons. The van der Waals surface area contributed by atoms with Crippen LogP contribution in [0.15, 0.2) is 51.4 Å². The van der Waals surface area contributed by atoms with E-state index in [1.54, 1.807) is 36.3 Å². The third kappa shape index (κ3) is 4.83. The number of thioether (sulfide) groups is 1. The Morgan fingerprint density at radius 3 is 2.56 bits per heavy atom. The first-order valence-electron chi connectivity index (χ1n) is 10.5. The number of benzene rings is 2. The van der Waals surface area contributed by atoms with E-state index in [0.717, 1.165) is 28.8 Å². The first-order valence-corrected chi connectivity index (χ1v) is 12.5. The fourth-order valence-electron chi connectivity index (χ4n) is 3.51. The second kappa shape index (κ2) is 10.4. The van der Waals surface area contributed by atoms with Crippen molar-refractivity contribution in [1.29, 1.82) is 5.41 Å². The molecule has 0 aliphatic carbocycles. The Balaban J connectivity index is 1.46. The third-order valence-corrected chi connectivity index (χ3v) is 6.63. The second-order valence-corrected chi connectivity index (χ2v) is 8.94. The monoisotopic (exact) mass is 496 g/mol. The maximum atomic E-state index is 12.5. The molecule has 0 aromatic heterocycles. The number of nitrogens with one attached hydrogen (secondary N) is 1. The lowest BCUT2D eigenvalue weighted by molar-refractivity contribution is -0.114. The Morgan fingerprint density at radius 1 is 1.12 bits per heavy atom. The van der Waals surface area contributed by atoms with Gasteiger partial charge in [0.05, 0.1) is 24.6 Å². The number of hydrogen-bond acceptors (Lipinski definition) is 8. The van der Waals surface area contributed by atoms with E-state index < -0.39 is 5.91 Å². The number of nitrogens with zero attached hydrogens (tertiary/aromatic N) is 3. The van der Waals surface area contributed by atoms with E-state index in [1.807, 2.05) is 38.3 Å². The predicted octanol–water partition coefficient (Wildman–Crippen LogP) is 4.71. The van der Waals surface area contributed by atoms with Crippen molar-refractivity contribution in [3.63, 3.8) is 0 Å². The van der Waals surface area contributed by atoms with Gasteiger partial charge in [-0.2, -0.15) is 9.39 Å². The molecule has 0 atom stereocenters. The van der Waals surface area contributed by atoms with Crippen molar-refractivity contribution in [2.45, 2.75) is 13.8 Å². The molecule has 2 heterocycles. The molecule has 0 saturated heterocycles. The average Bonchev–Trinajstić information content (AvgIpc) is 3.24. The first-order chi connectivity index (χ1) is 16.4. The summed E-state index contributed by atoms with van der Waals surface area (Å²) in [5.41, 5.74) is 3.04. The van der Waals surface area contributed by atoms with E-state index in [4.69, 9.17) is 19.6 Å². The van der Waals surface area contributed by atoms with E-state index in [0.29, 0.717) is 40.6 Å². The summed E-state index contributed by atoms with van der Waals surface area (Å²) in [7, 11) is 1.55. The number of para-hydroxylation sites is 1. The summed E-state index contributed by atoms with van der Waals surface area (Å²) in [4.78, 5) is 18.2. The highest BCUT2D eigenvalue weighted by molar-refractivity contribution is 8.18. The number of rotatable bonds is 7. The second-order valence-electron chi connectivity index (χ2n) is 7.44. The van der Waals surface area contributed by atoms with Gasteiger partial charge in [0, 0.05) is 0 Å². The molecule has 2 aromatic rings. The zero-order valence-electron chi connectivity index (χ0n) is 19.2. The molecule has 2 aromatic carbocycles. The molecule has 0 spiro atoms. The van der Waals surface area contributed by atoms with E-state index in [1.165, 1.54) is 11.8 Å². The summed E-state index contributed by atoms with van der Waals surface area (Å²) < 4.78 is 21.5. The highest BCUT2D eigenvalue weighted by atomic mass is 32.2. The van der Waals surface area contributed by atoms with Crippen LogP contribution in [-0.2, 0) is 4.79 Å². The highest BCUT2D eigenvalue weighted by Gasteiger charge is 2.37. The smallest absolute Gasteiger partial charge is 0.283 e. The average molecular weight is 497 g/mol. The number of ether oxygens (including phenoxy) is 3. The fourth-order valence-corrected chi connectivity index (χ4v) is 4.97. The largest absolute Gasteiger partial charge is 0.493 e. The zero-order chi connectivity index (χ0) is 24.2. The Hall–Kier alpha value is -3.24. The lowest BCUT2D eigenvalue weighted by Gasteiger charge is -2.23. The molecule has 0 unspecified atom stereocenters. The summed E-state index contributed by atoms with van der Waals surface area (Å²) >= 11 is 2.50. The van der Waals surface area contributed by atoms with Crippen LogP contribution in [0.5, 0.6) is 17.2 Å². The number of hydrogen-bond donors (Lipinski definition) is 1. The molecule has 0 saturated carbocycles. The number of amides is 1. The Labute approximate surface area is 206 Å². The number of carbonyl (C=O) groups excluding carboxylic acids is 1. The van der Waals surface area contributed by atoms with Crippen molar-refractivity contribution in [2.24, 2.45) is 9.39 Å². The summed E-state index contributed by atoms with van der Waals surface area (Å²) in [6.07, 6.45) is 3.49. The molecule has 10 heteroatoms. The lowest BCUT2D eigenvalue weighted by atomic mass is 10.1. The van der Waals surface area contributed by atoms with Gasteiger partial charge >= 0.3 is 0 Å². The van der Waals surface area contributed by atoms with Crippen molar-refractivity contribution < 1.29 is 19.0 Å². The molecule has 2 aliphatic heterocycles. The lowest BCUT2D eigenvalue weighted by Crippen LogP contribution is -2.41. The van der Waals surface area contributed by atoms with Crippen LogP contribution in [0.25, 0.3) is 6.08 Å². The molecule has 1 N–H and O–H groups in total. The van der Waals surface area contributed by atoms with Crippen molar-refractivity contribution in [1.82, 2.24) is 4.90 Å². The van der Waals surface area contributed by atoms with Crippen molar-refractivity contribution in [3.8, 4) is 17.2 Å². The van der Waals surface area contributed by atoms with Crippen molar-refractivity contribution >= 4 is 51.9 Å². The van der Waals surface area contributed by atoms with Gasteiger partial charge in [-0.25, -0.2) is 4.90 Å². The minimum atomic E-state index is -0.468. The molecule has 0 radical (unpaired) electrons. The molecule has 0 bridgehead atoms. The standard InChI is InChI=1S/C24H24N4O4S2/c1-14-6-5-7-15(2)20(14)32-11-10-31-18-9-8-16(13-19(18)30-3)12-17-21(25)28-23(26-22(17)29)34-27-24(28)33-4/h5-9,12-13,25H,10-11H2,1-4H3/b17-12-,25-21?. The minimum Gasteiger partial charge on any atom is -0.493 e. The summed E-state index contributed by atoms with van der Waals surface area (Å²) in [6, 6.07) is 11.4. The molecular formula is C24H24N4O4S2. The first kappa shape index (κ1) is 23.9. The van der Waals surface area contributed by atoms with Crippen LogP contribution >= 0.6 is 23.7 Å². The van der Waals surface area contributed by atoms with Gasteiger partial charge in [0.2, 0.25) is 5.17 Å². The molecule has 0 fully saturated rings. The van der Waals surface area contributed by atoms with Gasteiger partial charge in [0.1, 0.15) is 24.8 Å². The van der Waals surface area contributed by atoms with Gasteiger partial charge in [-0.1, -0.05) is 36.0 Å². The van der Waals surface area contributed by atoms with Crippen LogP contribution < -0.4 is 14.2 Å². The van der Waals surface area contributed by atoms with E-state index >= 15 is 0 Å². The number of aryl methyl sites for hydroxylation is 2. The minimum absolute atomic E-state index is 0.0519. The zero-order valence-corrected chi connectivity index (χ0v) is 20.9. The summed E-state index contributed by atoms with van der Waals surface area (Å²) in [6.45, 7) is 4.76. The highest BCUT2D eigenvalue weighted by Crippen LogP contribution is 2.33. The molecule has 2 aliphatic rings. The molecule has 8 nitrogen and oxygen atoms in total. The number of carbonyl (C=O) groups is 1. The van der Waals surface area contributed by atoms with Crippen LogP contribution in [-0.4, -0.2) is 53.6 Å². The van der Waals surface area contributed by atoms with E-state index in [2.05, 4.69) is 9.39 Å². The molecule has 34 heavy (non-hydrogen) atoms. The number of fused-ring (bicyclic) bond motifs is 1. The van der Waals surface area contributed by atoms with Crippen molar-refractivity contribution in [2.75, 3.05) is 26.6 Å². The van der Waals surface area contributed by atoms with Crippen LogP contribution in [0.4, 0.5) is 0 Å². The summed E-state index contributed by atoms with van der Waals surface area (Å²) in [5.74, 6) is 1.54. The third-order valence-electron chi connectivity index (χ3n) is 5.17. The normalized spacial score (nSPS) is 16.4. The van der Waals surface area contributed by atoms with Gasteiger partial charge in [-0.3, -0.25) is 10.2 Å². The predicted molar refractivity (Wildman–Crippen MR) is 138 cm³/mol. The topological polar surface area (TPSA) is 96.6 Å². The van der Waals surface area contributed by atoms with Gasteiger partial charge < -0.3 is 14.2 Å². The van der Waals surface area contributed by atoms with Crippen LogP contribution in [0.3, 0.4) is 0 Å². The Bertz CT molecular complexity index is 1220. The Kier molecular flexibility index (Phi) is 7.28. The summed E-state index contributed by atoms with van der Waals surface area (Å²) in [5, 5.41) is 9.55. The molecular weight excluding hydrogens is 472 g/mol. The van der Waals surface area contributed by atoms with Crippen molar-refractivity contribution in [3.05, 3.63) is 58.7 Å². The van der Waals surface area contributed by atoms with Crippen LogP contribution in [0.2, 0.25) is 0 Å². The number of methoxy groups -OCH3 is 1. The number of amidine groups is 3. The van der Waals surface area contributed by atoms with Crippen LogP contribution in [0, 0.1) is 19.3 Å². The fraction of sp³-hybridized carbons (Fsp3) is 0.250. The number of aliphatic imine (C=N–C) groups is 1.